The van der Waals surface area contributed by atoms with Crippen molar-refractivity contribution in [1.29, 1.82) is 0 Å². The van der Waals surface area contributed by atoms with Gasteiger partial charge in [0.05, 0.1) is 17.2 Å². The van der Waals surface area contributed by atoms with Gasteiger partial charge in [-0.1, -0.05) is 29.8 Å². The van der Waals surface area contributed by atoms with Gasteiger partial charge in [-0.2, -0.15) is 15.1 Å². The van der Waals surface area contributed by atoms with Gasteiger partial charge in [-0.05, 0) is 25.1 Å². The van der Waals surface area contributed by atoms with E-state index < -0.39 is 17.7 Å². The third kappa shape index (κ3) is 4.03. The molecule has 0 amide bonds. The second-order valence-corrected chi connectivity index (χ2v) is 6.95. The van der Waals surface area contributed by atoms with Crippen molar-refractivity contribution in [2.75, 3.05) is 11.9 Å². The summed E-state index contributed by atoms with van der Waals surface area (Å²) in [5, 5.41) is 20.9. The Hall–Kier alpha value is -3.30. The average molecular weight is 432 g/mol. The van der Waals surface area contributed by atoms with Crippen LogP contribution >= 0.6 is 11.6 Å². The molecule has 4 rings (SSSR count). The molecule has 4 aromatic rings. The van der Waals surface area contributed by atoms with Crippen LogP contribution in [0.1, 0.15) is 6.92 Å². The molecule has 7 nitrogen and oxygen atoms in total. The Balaban J connectivity index is 1.80. The smallest absolute Gasteiger partial charge is 0.326 e. The maximum atomic E-state index is 13.5. The van der Waals surface area contributed by atoms with E-state index in [4.69, 9.17) is 16.3 Å². The van der Waals surface area contributed by atoms with Crippen LogP contribution in [-0.2, 0) is 0 Å². The summed E-state index contributed by atoms with van der Waals surface area (Å²) in [6, 6.07) is 10.2. The number of H-pyrrole nitrogens is 1. The van der Waals surface area contributed by atoms with Crippen molar-refractivity contribution in [3.63, 3.8) is 0 Å². The van der Waals surface area contributed by atoms with Crippen LogP contribution in [0.4, 0.5) is 14.6 Å². The van der Waals surface area contributed by atoms with E-state index >= 15 is 0 Å². The summed E-state index contributed by atoms with van der Waals surface area (Å²) in [5.41, 5.74) is 1.55. The van der Waals surface area contributed by atoms with Crippen LogP contribution in [0.25, 0.3) is 22.3 Å². The van der Waals surface area contributed by atoms with Crippen molar-refractivity contribution >= 4 is 28.5 Å². The van der Waals surface area contributed by atoms with Crippen molar-refractivity contribution in [2.45, 2.75) is 13.0 Å². The van der Waals surface area contributed by atoms with Gasteiger partial charge in [0, 0.05) is 23.2 Å². The molecule has 30 heavy (non-hydrogen) atoms. The van der Waals surface area contributed by atoms with Crippen LogP contribution in [-0.4, -0.2) is 37.9 Å². The zero-order valence-corrected chi connectivity index (χ0v) is 16.4. The molecular weight excluding hydrogens is 416 g/mol. The number of nitrogens with one attached hydrogen (secondary N) is 2. The van der Waals surface area contributed by atoms with E-state index in [0.717, 1.165) is 12.1 Å². The number of fused-ring (bicyclic) bond motifs is 1. The minimum Gasteiger partial charge on any atom is -0.424 e. The van der Waals surface area contributed by atoms with Gasteiger partial charge in [0.2, 0.25) is 0 Å². The minimum absolute atomic E-state index is 0.0246. The number of aromatic nitrogens is 4. The summed E-state index contributed by atoms with van der Waals surface area (Å²) in [5.74, 6) is -1.68. The van der Waals surface area contributed by atoms with Gasteiger partial charge in [0.15, 0.2) is 17.3 Å². The topological polar surface area (TPSA) is 95.9 Å². The first kappa shape index (κ1) is 20.0. The Labute approximate surface area is 174 Å². The molecule has 0 aliphatic carbocycles. The van der Waals surface area contributed by atoms with E-state index in [1.54, 1.807) is 19.1 Å². The van der Waals surface area contributed by atoms with Gasteiger partial charge in [-0.25, -0.2) is 8.78 Å². The van der Waals surface area contributed by atoms with Crippen molar-refractivity contribution < 1.29 is 18.6 Å². The van der Waals surface area contributed by atoms with E-state index in [-0.39, 0.29) is 24.0 Å². The molecule has 2 aromatic heterocycles. The van der Waals surface area contributed by atoms with Crippen molar-refractivity contribution in [3.8, 4) is 23.0 Å². The van der Waals surface area contributed by atoms with Crippen molar-refractivity contribution in [1.82, 2.24) is 20.2 Å². The molecular formula is C20H16ClF2N5O2. The Morgan fingerprint density at radius 1 is 1.17 bits per heavy atom. The summed E-state index contributed by atoms with van der Waals surface area (Å²) in [4.78, 5) is 8.58. The average Bonchev–Trinajstić information content (AvgIpc) is 3.13. The lowest BCUT2D eigenvalue weighted by molar-refractivity contribution is 0.208. The van der Waals surface area contributed by atoms with Crippen molar-refractivity contribution in [3.05, 3.63) is 59.1 Å². The molecule has 2 aromatic carbocycles. The number of benzene rings is 2. The lowest BCUT2D eigenvalue weighted by Crippen LogP contribution is -2.16. The maximum Gasteiger partial charge on any atom is 0.326 e. The zero-order chi connectivity index (χ0) is 21.3. The van der Waals surface area contributed by atoms with E-state index in [1.807, 2.05) is 12.1 Å². The second kappa shape index (κ2) is 8.21. The standard InChI is InChI=1S/C20H16ClF2N5O2/c1-10(29)9-24-18-16-17(12-4-2-3-5-13(12)21)27-28-19(16)26-20(25-18)30-11-6-7-14(22)15(23)8-11/h2-8,10,29H,9H2,1H3,(H2,24,25,26,27,28). The molecule has 0 saturated carbocycles. The largest absolute Gasteiger partial charge is 0.424 e. The predicted octanol–water partition coefficient (Wildman–Crippen LogP) is 4.54. The Bertz CT molecular complexity index is 1220. The first-order valence-corrected chi connectivity index (χ1v) is 9.36. The van der Waals surface area contributed by atoms with Crippen LogP contribution < -0.4 is 10.1 Å². The summed E-state index contributed by atoms with van der Waals surface area (Å²) >= 11 is 6.32. The molecule has 154 valence electrons. The van der Waals surface area contributed by atoms with Gasteiger partial charge < -0.3 is 15.2 Å². The highest BCUT2D eigenvalue weighted by Gasteiger charge is 2.19. The number of anilines is 1. The Morgan fingerprint density at radius 3 is 2.70 bits per heavy atom. The molecule has 10 heteroatoms. The molecule has 3 N–H and O–H groups in total. The highest BCUT2D eigenvalue weighted by atomic mass is 35.5. The molecule has 0 aliphatic heterocycles. The summed E-state index contributed by atoms with van der Waals surface area (Å²) < 4.78 is 32.1. The van der Waals surface area contributed by atoms with E-state index in [1.165, 1.54) is 6.07 Å². The van der Waals surface area contributed by atoms with Crippen LogP contribution in [0.2, 0.25) is 5.02 Å². The van der Waals surface area contributed by atoms with Gasteiger partial charge >= 0.3 is 6.01 Å². The SMILES string of the molecule is CC(O)CNc1nc(Oc2ccc(F)c(F)c2)nc2n[nH]c(-c3ccccc3Cl)c12. The van der Waals surface area contributed by atoms with Crippen LogP contribution in [0.5, 0.6) is 11.8 Å². The van der Waals surface area contributed by atoms with Gasteiger partial charge in [0.25, 0.3) is 0 Å². The molecule has 1 atom stereocenters. The first-order valence-electron chi connectivity index (χ1n) is 8.98. The molecule has 0 bridgehead atoms. The fourth-order valence-corrected chi connectivity index (χ4v) is 3.06. The third-order valence-corrected chi connectivity index (χ3v) is 4.53. The Kier molecular flexibility index (Phi) is 5.47. The maximum absolute atomic E-state index is 13.5. The quantitative estimate of drug-likeness (QED) is 0.415. The molecule has 0 spiro atoms. The molecule has 0 radical (unpaired) electrons. The number of hydrogen-bond donors (Lipinski definition) is 3. The van der Waals surface area contributed by atoms with Gasteiger partial charge in [-0.15, -0.1) is 0 Å². The molecule has 0 saturated heterocycles. The number of aromatic amines is 1. The number of rotatable bonds is 6. The number of aliphatic hydroxyl groups is 1. The second-order valence-electron chi connectivity index (χ2n) is 6.54. The zero-order valence-electron chi connectivity index (χ0n) is 15.7. The van der Waals surface area contributed by atoms with E-state index in [0.29, 0.717) is 27.5 Å². The monoisotopic (exact) mass is 431 g/mol. The summed E-state index contributed by atoms with van der Waals surface area (Å²) in [6.45, 7) is 1.82. The third-order valence-electron chi connectivity index (χ3n) is 4.20. The Morgan fingerprint density at radius 2 is 1.97 bits per heavy atom. The van der Waals surface area contributed by atoms with Gasteiger partial charge in [-0.3, -0.25) is 5.10 Å². The van der Waals surface area contributed by atoms with E-state index in [9.17, 15) is 13.9 Å². The number of hydrogen-bond acceptors (Lipinski definition) is 6. The highest BCUT2D eigenvalue weighted by Crippen LogP contribution is 2.35. The predicted molar refractivity (Wildman–Crippen MR) is 109 cm³/mol. The number of aliphatic hydroxyl groups excluding tert-OH is 1. The molecule has 0 fully saturated rings. The fourth-order valence-electron chi connectivity index (χ4n) is 2.83. The van der Waals surface area contributed by atoms with Crippen LogP contribution in [0, 0.1) is 11.6 Å². The summed E-state index contributed by atoms with van der Waals surface area (Å²) in [6.07, 6.45) is -0.652. The van der Waals surface area contributed by atoms with Crippen LogP contribution in [0.15, 0.2) is 42.5 Å². The molecule has 1 unspecified atom stereocenters. The number of nitrogens with zero attached hydrogens (tertiary/aromatic N) is 3. The first-order chi connectivity index (χ1) is 14.4. The summed E-state index contributed by atoms with van der Waals surface area (Å²) in [7, 11) is 0. The highest BCUT2D eigenvalue weighted by molar-refractivity contribution is 6.33. The molecule has 2 heterocycles. The lowest BCUT2D eigenvalue weighted by Gasteiger charge is -2.12. The van der Waals surface area contributed by atoms with Gasteiger partial charge in [0.1, 0.15) is 11.6 Å². The van der Waals surface area contributed by atoms with Crippen molar-refractivity contribution in [2.24, 2.45) is 0 Å². The number of ether oxygens (including phenoxy) is 1. The lowest BCUT2D eigenvalue weighted by atomic mass is 10.1. The van der Waals surface area contributed by atoms with E-state index in [2.05, 4.69) is 25.5 Å². The fraction of sp³-hybridized carbons (Fsp3) is 0.150. The number of halogens is 3. The molecule has 0 aliphatic rings. The minimum atomic E-state index is -1.05. The normalized spacial score (nSPS) is 12.2. The van der Waals surface area contributed by atoms with Crippen LogP contribution in [0.3, 0.4) is 0 Å².